The molecule has 354 valence electrons. The van der Waals surface area contributed by atoms with Crippen LogP contribution >= 0.6 is 0 Å². The van der Waals surface area contributed by atoms with Crippen molar-refractivity contribution in [1.29, 1.82) is 0 Å². The highest BCUT2D eigenvalue weighted by molar-refractivity contribution is 5.35. The average Bonchev–Trinajstić information content (AvgIpc) is 3.84. The van der Waals surface area contributed by atoms with Crippen molar-refractivity contribution >= 4 is 30.4 Å². The standard InChI is InChI=1S/C15H25NO.C12H21NO.C11H17NO.C10H11NO.C3H5NO.2CH4/c1-12-2-4-13(5-3-12)10-14-6-8-15(9-7-14)16-11-17;1-10-5-11(2,3)7-12(4,6-10)8-13-9-14;1-2-8-3-10-4-9(8)5-11(10)6-12-7-13;1-2-9-4-3-5-10(6-9)7-11-8-12;1-2-4-3-5;;/h12-15H,2-10H2,1H3;10H,5-8H2,1-4H3;8-11H,2-6H2,1H3;3-6H,2,7H2,1H3;2H2,1H3;2*1H4. The first-order chi connectivity index (χ1) is 29.3. The molecule has 5 aliphatic carbocycles. The molecule has 5 aliphatic rings. The van der Waals surface area contributed by atoms with E-state index in [1.54, 1.807) is 25.2 Å². The number of aliphatic imine (C=N–C) groups is 5. The van der Waals surface area contributed by atoms with Crippen molar-refractivity contribution in [3.63, 3.8) is 0 Å². The molecule has 10 heteroatoms. The lowest BCUT2D eigenvalue weighted by Crippen LogP contribution is -2.36. The first-order valence-corrected chi connectivity index (χ1v) is 23.6. The summed E-state index contributed by atoms with van der Waals surface area (Å²) in [5.74, 6) is 7.09. The number of hydrogen-bond acceptors (Lipinski definition) is 10. The molecule has 1 aromatic rings. The molecule has 0 spiro atoms. The van der Waals surface area contributed by atoms with Crippen LogP contribution in [0.3, 0.4) is 0 Å². The summed E-state index contributed by atoms with van der Waals surface area (Å²) in [7, 11) is 0. The zero-order valence-electron chi connectivity index (χ0n) is 39.1. The Bertz CT molecular complexity index is 1650. The number of fused-ring (bicyclic) bond motifs is 2. The molecule has 0 heterocycles. The van der Waals surface area contributed by atoms with Gasteiger partial charge in [0.25, 0.3) is 0 Å². The van der Waals surface area contributed by atoms with Gasteiger partial charge in [-0.15, -0.1) is 0 Å². The normalized spacial score (nSPS) is 29.2. The summed E-state index contributed by atoms with van der Waals surface area (Å²) in [6.07, 6.45) is 30.0. The molecule has 5 fully saturated rings. The predicted octanol–water partition coefficient (Wildman–Crippen LogP) is 13.4. The van der Waals surface area contributed by atoms with Gasteiger partial charge >= 0.3 is 0 Å². The molecule has 10 nitrogen and oxygen atoms in total. The van der Waals surface area contributed by atoms with Gasteiger partial charge in [-0.2, -0.15) is 0 Å². The maximum Gasteiger partial charge on any atom is 0.235 e. The van der Waals surface area contributed by atoms with Crippen LogP contribution in [0, 0.1) is 58.2 Å². The first kappa shape index (κ1) is 59.1. The molecule has 6 atom stereocenters. The Kier molecular flexibility index (Phi) is 30.7. The highest BCUT2D eigenvalue weighted by Crippen LogP contribution is 2.53. The zero-order chi connectivity index (χ0) is 45.1. The van der Waals surface area contributed by atoms with Gasteiger partial charge < -0.3 is 0 Å². The highest BCUT2D eigenvalue weighted by atomic mass is 16.1. The molecule has 2 bridgehead atoms. The predicted molar refractivity (Wildman–Crippen MR) is 258 cm³/mol. The Labute approximate surface area is 383 Å². The third kappa shape index (κ3) is 23.6. The van der Waals surface area contributed by atoms with Crippen LogP contribution in [0.2, 0.25) is 0 Å². The van der Waals surface area contributed by atoms with Gasteiger partial charge in [-0.25, -0.2) is 48.9 Å². The summed E-state index contributed by atoms with van der Waals surface area (Å²) >= 11 is 0. The van der Waals surface area contributed by atoms with E-state index in [2.05, 4.69) is 85.6 Å². The third-order valence-electron chi connectivity index (χ3n) is 14.0. The van der Waals surface area contributed by atoms with Crippen LogP contribution in [0.1, 0.15) is 184 Å². The molecule has 5 saturated carbocycles. The van der Waals surface area contributed by atoms with E-state index in [9.17, 15) is 19.2 Å². The van der Waals surface area contributed by atoms with E-state index in [0.29, 0.717) is 31.0 Å². The number of aryl methyl sites for hydroxylation is 1. The molecule has 0 aliphatic heterocycles. The molecule has 0 saturated heterocycles. The van der Waals surface area contributed by atoms with Crippen LogP contribution in [-0.4, -0.2) is 56.1 Å². The van der Waals surface area contributed by atoms with Gasteiger partial charge in [0.15, 0.2) is 0 Å². The van der Waals surface area contributed by atoms with E-state index in [1.165, 1.54) is 101 Å². The minimum absolute atomic E-state index is 0. The maximum absolute atomic E-state index is 10.2. The Morgan fingerprint density at radius 1 is 0.635 bits per heavy atom. The quantitative estimate of drug-likeness (QED) is 0.151. The molecular formula is C53H87N5O5. The topological polar surface area (TPSA) is 147 Å². The Morgan fingerprint density at radius 2 is 1.21 bits per heavy atom. The molecule has 6 unspecified atom stereocenters. The summed E-state index contributed by atoms with van der Waals surface area (Å²) in [5, 5.41) is 0. The SMILES string of the molecule is C.C.CC1CC(C)(C)CC(C)(CN=C=O)C1.CC1CCC(CC2CCC(N=C=O)CC2)CC1.CCC1CC2CC1CC2CN=C=O.CCN=C=O.CCc1cccc(CN=C=O)c1. The minimum Gasteiger partial charge on any atom is -0.211 e. The van der Waals surface area contributed by atoms with E-state index in [-0.39, 0.29) is 26.3 Å². The van der Waals surface area contributed by atoms with Crippen LogP contribution in [-0.2, 0) is 36.9 Å². The van der Waals surface area contributed by atoms with Crippen molar-refractivity contribution in [3.8, 4) is 0 Å². The fraction of sp³-hybridized carbons (Fsp3) is 0.792. The van der Waals surface area contributed by atoms with Gasteiger partial charge in [-0.3, -0.25) is 0 Å². The molecular weight excluding hydrogens is 787 g/mol. The largest absolute Gasteiger partial charge is 0.235 e. The Hall–Kier alpha value is -3.88. The monoisotopic (exact) mass is 874 g/mol. The zero-order valence-corrected chi connectivity index (χ0v) is 39.1. The first-order valence-electron chi connectivity index (χ1n) is 23.6. The van der Waals surface area contributed by atoms with Crippen LogP contribution in [0.15, 0.2) is 49.2 Å². The molecule has 0 aromatic heterocycles. The minimum atomic E-state index is 0. The van der Waals surface area contributed by atoms with Crippen molar-refractivity contribution in [1.82, 2.24) is 0 Å². The van der Waals surface area contributed by atoms with Crippen LogP contribution in [0.4, 0.5) is 0 Å². The summed E-state index contributed by atoms with van der Waals surface area (Å²) in [5.41, 5.74) is 2.94. The third-order valence-corrected chi connectivity index (χ3v) is 14.0. The molecule has 0 radical (unpaired) electrons. The lowest BCUT2D eigenvalue weighted by molar-refractivity contribution is 0.0680. The Morgan fingerprint density at radius 3 is 1.70 bits per heavy atom. The molecule has 1 aromatic carbocycles. The van der Waals surface area contributed by atoms with Gasteiger partial charge in [0.2, 0.25) is 30.4 Å². The number of carbonyl (C=O) groups excluding carboxylic acids is 5. The molecule has 63 heavy (non-hydrogen) atoms. The molecule has 0 amide bonds. The van der Waals surface area contributed by atoms with Gasteiger partial charge in [-0.05, 0) is 153 Å². The van der Waals surface area contributed by atoms with Crippen molar-refractivity contribution in [2.75, 3.05) is 19.6 Å². The van der Waals surface area contributed by atoms with Crippen LogP contribution in [0.25, 0.3) is 0 Å². The van der Waals surface area contributed by atoms with Crippen LogP contribution in [0.5, 0.6) is 0 Å². The second-order valence-corrected chi connectivity index (χ2v) is 20.1. The highest BCUT2D eigenvalue weighted by Gasteiger charge is 2.44. The second-order valence-electron chi connectivity index (χ2n) is 20.1. The van der Waals surface area contributed by atoms with Gasteiger partial charge in [0.05, 0.1) is 25.7 Å². The van der Waals surface area contributed by atoms with Gasteiger partial charge in [-0.1, -0.05) is 120 Å². The summed E-state index contributed by atoms with van der Waals surface area (Å²) in [6.45, 7) is 20.1. The van der Waals surface area contributed by atoms with E-state index in [1.807, 2.05) is 12.1 Å². The van der Waals surface area contributed by atoms with Gasteiger partial charge in [0, 0.05) is 6.54 Å². The van der Waals surface area contributed by atoms with Crippen molar-refractivity contribution in [3.05, 3.63) is 35.4 Å². The lowest BCUT2D eigenvalue weighted by atomic mass is 9.61. The fourth-order valence-electron chi connectivity index (χ4n) is 11.6. The van der Waals surface area contributed by atoms with Crippen molar-refractivity contribution < 1.29 is 24.0 Å². The lowest BCUT2D eigenvalue weighted by Gasteiger charge is -2.45. The molecule has 0 N–H and O–H groups in total. The fourth-order valence-corrected chi connectivity index (χ4v) is 11.6. The number of benzene rings is 1. The summed E-state index contributed by atoms with van der Waals surface area (Å²) in [4.78, 5) is 67.3. The van der Waals surface area contributed by atoms with E-state index < -0.39 is 0 Å². The van der Waals surface area contributed by atoms with Crippen LogP contribution < -0.4 is 0 Å². The van der Waals surface area contributed by atoms with Gasteiger partial charge in [0.1, 0.15) is 0 Å². The number of hydrogen-bond donors (Lipinski definition) is 0. The number of isocyanates is 5. The van der Waals surface area contributed by atoms with E-state index in [4.69, 9.17) is 4.79 Å². The smallest absolute Gasteiger partial charge is 0.211 e. The van der Waals surface area contributed by atoms with E-state index >= 15 is 0 Å². The maximum atomic E-state index is 10.2. The Balaban J connectivity index is 0.000000782. The number of rotatable bonds is 12. The summed E-state index contributed by atoms with van der Waals surface area (Å²) in [6, 6.07) is 8.35. The second kappa shape index (κ2) is 32.7. The van der Waals surface area contributed by atoms with Crippen molar-refractivity contribution in [2.45, 2.75) is 192 Å². The van der Waals surface area contributed by atoms with Crippen molar-refractivity contribution in [2.24, 2.45) is 83.1 Å². The summed E-state index contributed by atoms with van der Waals surface area (Å²) < 4.78 is 0. The number of nitrogens with zero attached hydrogens (tertiary/aromatic N) is 5. The molecule has 6 rings (SSSR count). The van der Waals surface area contributed by atoms with E-state index in [0.717, 1.165) is 79.2 Å². The average molecular weight is 874 g/mol.